The lowest BCUT2D eigenvalue weighted by Gasteiger charge is -2.01. The summed E-state index contributed by atoms with van der Waals surface area (Å²) in [7, 11) is 0. The van der Waals surface area contributed by atoms with Crippen LogP contribution in [0.4, 0.5) is 0 Å². The second-order valence-electron chi connectivity index (χ2n) is 3.64. The molecule has 1 heterocycles. The first kappa shape index (κ1) is 11.6. The SMILES string of the molecule is CCc1ccc(-c2nc(Cl)sc2CC)cc1. The smallest absolute Gasteiger partial charge is 0.184 e. The van der Waals surface area contributed by atoms with Crippen LogP contribution in [0, 0.1) is 0 Å². The van der Waals surface area contributed by atoms with Crippen LogP contribution >= 0.6 is 22.9 Å². The van der Waals surface area contributed by atoms with Gasteiger partial charge in [0.05, 0.1) is 5.69 Å². The van der Waals surface area contributed by atoms with Gasteiger partial charge in [0.1, 0.15) is 0 Å². The van der Waals surface area contributed by atoms with E-state index in [2.05, 4.69) is 43.1 Å². The number of benzene rings is 1. The van der Waals surface area contributed by atoms with Crippen LogP contribution in [0.2, 0.25) is 4.47 Å². The zero-order valence-corrected chi connectivity index (χ0v) is 11.0. The number of aryl methyl sites for hydroxylation is 2. The Morgan fingerprint density at radius 1 is 1.12 bits per heavy atom. The van der Waals surface area contributed by atoms with Gasteiger partial charge in [0, 0.05) is 10.4 Å². The van der Waals surface area contributed by atoms with E-state index in [9.17, 15) is 0 Å². The van der Waals surface area contributed by atoms with E-state index in [1.165, 1.54) is 10.4 Å². The molecule has 0 aliphatic carbocycles. The molecule has 0 saturated carbocycles. The van der Waals surface area contributed by atoms with Crippen LogP contribution < -0.4 is 0 Å². The summed E-state index contributed by atoms with van der Waals surface area (Å²) in [6, 6.07) is 8.57. The number of halogens is 1. The van der Waals surface area contributed by atoms with E-state index < -0.39 is 0 Å². The predicted molar refractivity (Wildman–Crippen MR) is 71.3 cm³/mol. The normalized spacial score (nSPS) is 10.7. The van der Waals surface area contributed by atoms with Gasteiger partial charge in [-0.15, -0.1) is 11.3 Å². The molecule has 0 bridgehead atoms. The van der Waals surface area contributed by atoms with Gasteiger partial charge in [-0.2, -0.15) is 0 Å². The molecule has 1 aromatic carbocycles. The van der Waals surface area contributed by atoms with E-state index in [1.807, 2.05) is 0 Å². The van der Waals surface area contributed by atoms with E-state index in [4.69, 9.17) is 11.6 Å². The van der Waals surface area contributed by atoms with Crippen molar-refractivity contribution in [3.8, 4) is 11.3 Å². The van der Waals surface area contributed by atoms with Crippen LogP contribution in [0.3, 0.4) is 0 Å². The van der Waals surface area contributed by atoms with Gasteiger partial charge in [-0.05, 0) is 18.4 Å². The summed E-state index contributed by atoms with van der Waals surface area (Å²) in [5.41, 5.74) is 3.56. The van der Waals surface area contributed by atoms with Gasteiger partial charge in [0.25, 0.3) is 0 Å². The van der Waals surface area contributed by atoms with Crippen molar-refractivity contribution in [1.29, 1.82) is 0 Å². The predicted octanol–water partition coefficient (Wildman–Crippen LogP) is 4.59. The first-order chi connectivity index (χ1) is 7.74. The summed E-state index contributed by atoms with van der Waals surface area (Å²) < 4.78 is 0.631. The maximum Gasteiger partial charge on any atom is 0.184 e. The molecule has 0 spiro atoms. The van der Waals surface area contributed by atoms with Crippen LogP contribution in [0.25, 0.3) is 11.3 Å². The van der Waals surface area contributed by atoms with Gasteiger partial charge in [0.2, 0.25) is 0 Å². The van der Waals surface area contributed by atoms with Crippen molar-refractivity contribution in [2.45, 2.75) is 26.7 Å². The molecular formula is C13H14ClNS. The largest absolute Gasteiger partial charge is 0.225 e. The lowest BCUT2D eigenvalue weighted by Crippen LogP contribution is -1.85. The molecule has 2 aromatic rings. The monoisotopic (exact) mass is 251 g/mol. The van der Waals surface area contributed by atoms with E-state index in [1.54, 1.807) is 11.3 Å². The highest BCUT2D eigenvalue weighted by Gasteiger charge is 2.10. The molecule has 84 valence electrons. The number of thiazole rings is 1. The molecule has 3 heteroatoms. The van der Waals surface area contributed by atoms with Crippen molar-refractivity contribution in [3.63, 3.8) is 0 Å². The minimum Gasteiger partial charge on any atom is -0.225 e. The highest BCUT2D eigenvalue weighted by molar-refractivity contribution is 7.16. The second kappa shape index (κ2) is 4.98. The van der Waals surface area contributed by atoms with Gasteiger partial charge >= 0.3 is 0 Å². The van der Waals surface area contributed by atoms with Crippen molar-refractivity contribution in [1.82, 2.24) is 4.98 Å². The first-order valence-corrected chi connectivity index (χ1v) is 6.68. The van der Waals surface area contributed by atoms with E-state index >= 15 is 0 Å². The Morgan fingerprint density at radius 2 is 1.81 bits per heavy atom. The van der Waals surface area contributed by atoms with Crippen LogP contribution in [0.1, 0.15) is 24.3 Å². The molecule has 0 atom stereocenters. The Labute approximate surface area is 105 Å². The minimum absolute atomic E-state index is 0.631. The van der Waals surface area contributed by atoms with Gasteiger partial charge in [-0.3, -0.25) is 0 Å². The molecule has 1 nitrogen and oxygen atoms in total. The fraction of sp³-hybridized carbons (Fsp3) is 0.308. The van der Waals surface area contributed by atoms with Gasteiger partial charge in [0.15, 0.2) is 4.47 Å². The maximum atomic E-state index is 5.96. The molecule has 0 fully saturated rings. The molecule has 0 unspecified atom stereocenters. The molecule has 2 rings (SSSR count). The summed E-state index contributed by atoms with van der Waals surface area (Å²) in [6.45, 7) is 4.29. The molecule has 0 N–H and O–H groups in total. The number of rotatable bonds is 3. The van der Waals surface area contributed by atoms with E-state index in [0.29, 0.717) is 4.47 Å². The van der Waals surface area contributed by atoms with Gasteiger partial charge < -0.3 is 0 Å². The van der Waals surface area contributed by atoms with Crippen LogP contribution in [-0.2, 0) is 12.8 Å². The number of nitrogens with zero attached hydrogens (tertiary/aromatic N) is 1. The zero-order valence-electron chi connectivity index (χ0n) is 9.46. The molecule has 1 aromatic heterocycles. The quantitative estimate of drug-likeness (QED) is 0.778. The lowest BCUT2D eigenvalue weighted by molar-refractivity contribution is 1.14. The molecule has 16 heavy (non-hydrogen) atoms. The molecular weight excluding hydrogens is 238 g/mol. The van der Waals surface area contributed by atoms with E-state index in [-0.39, 0.29) is 0 Å². The minimum atomic E-state index is 0.631. The summed E-state index contributed by atoms with van der Waals surface area (Å²) in [4.78, 5) is 5.65. The van der Waals surface area contributed by atoms with Gasteiger partial charge in [-0.1, -0.05) is 49.7 Å². The molecule has 0 saturated heterocycles. The highest BCUT2D eigenvalue weighted by Crippen LogP contribution is 2.31. The van der Waals surface area contributed by atoms with Crippen LogP contribution in [0.5, 0.6) is 0 Å². The Morgan fingerprint density at radius 3 is 2.38 bits per heavy atom. The van der Waals surface area contributed by atoms with Crippen LogP contribution in [0.15, 0.2) is 24.3 Å². The molecule has 0 aliphatic heterocycles. The third-order valence-corrected chi connectivity index (χ3v) is 3.93. The summed E-state index contributed by atoms with van der Waals surface area (Å²) in [6.07, 6.45) is 2.05. The molecule has 0 radical (unpaired) electrons. The Kier molecular flexibility index (Phi) is 3.62. The maximum absolute atomic E-state index is 5.96. The molecule has 0 amide bonds. The summed E-state index contributed by atoms with van der Waals surface area (Å²) in [5.74, 6) is 0. The number of aromatic nitrogens is 1. The average Bonchev–Trinajstić information content (AvgIpc) is 2.70. The van der Waals surface area contributed by atoms with Gasteiger partial charge in [-0.25, -0.2) is 4.98 Å². The fourth-order valence-electron chi connectivity index (χ4n) is 1.69. The highest BCUT2D eigenvalue weighted by atomic mass is 35.5. The second-order valence-corrected chi connectivity index (χ2v) is 5.31. The standard InChI is InChI=1S/C13H14ClNS/c1-3-9-5-7-10(8-6-9)12-11(4-2)16-13(14)15-12/h5-8H,3-4H2,1-2H3. The fourth-order valence-corrected chi connectivity index (χ4v) is 2.80. The zero-order chi connectivity index (χ0) is 11.5. The van der Waals surface area contributed by atoms with Crippen molar-refractivity contribution < 1.29 is 0 Å². The average molecular weight is 252 g/mol. The van der Waals surface area contributed by atoms with Crippen molar-refractivity contribution in [3.05, 3.63) is 39.2 Å². The van der Waals surface area contributed by atoms with E-state index in [0.717, 1.165) is 24.1 Å². The Hall–Kier alpha value is -0.860. The first-order valence-electron chi connectivity index (χ1n) is 5.49. The number of hydrogen-bond donors (Lipinski definition) is 0. The lowest BCUT2D eigenvalue weighted by atomic mass is 10.1. The summed E-state index contributed by atoms with van der Waals surface area (Å²) >= 11 is 7.53. The summed E-state index contributed by atoms with van der Waals surface area (Å²) in [5, 5.41) is 0. The Balaban J connectivity index is 2.41. The van der Waals surface area contributed by atoms with Crippen molar-refractivity contribution in [2.24, 2.45) is 0 Å². The number of hydrogen-bond acceptors (Lipinski definition) is 2. The Bertz CT molecular complexity index is 473. The van der Waals surface area contributed by atoms with Crippen molar-refractivity contribution >= 4 is 22.9 Å². The van der Waals surface area contributed by atoms with Crippen LogP contribution in [-0.4, -0.2) is 4.98 Å². The molecule has 0 aliphatic rings. The van der Waals surface area contributed by atoms with Crippen molar-refractivity contribution in [2.75, 3.05) is 0 Å². The third kappa shape index (κ3) is 2.28. The topological polar surface area (TPSA) is 12.9 Å². The third-order valence-electron chi connectivity index (χ3n) is 2.63.